The van der Waals surface area contributed by atoms with Gasteiger partial charge in [0.15, 0.2) is 0 Å². The van der Waals surface area contributed by atoms with Gasteiger partial charge in [-0.3, -0.25) is 0 Å². The third kappa shape index (κ3) is 2.68. The molecule has 0 saturated carbocycles. The first-order valence-corrected chi connectivity index (χ1v) is 5.89. The summed E-state index contributed by atoms with van der Waals surface area (Å²) in [5, 5.41) is 9.09. The van der Waals surface area contributed by atoms with Crippen LogP contribution in [-0.4, -0.2) is 11.7 Å². The van der Waals surface area contributed by atoms with Crippen molar-refractivity contribution in [2.45, 2.75) is 13.3 Å². The molecule has 1 aromatic carbocycles. The van der Waals surface area contributed by atoms with E-state index in [1.54, 1.807) is 36.4 Å². The van der Waals surface area contributed by atoms with Gasteiger partial charge in [0, 0.05) is 0 Å². The maximum absolute atomic E-state index is 13.6. The molecule has 0 aliphatic carbocycles. The fourth-order valence-electron chi connectivity index (χ4n) is 1.70. The summed E-state index contributed by atoms with van der Waals surface area (Å²) in [5.41, 5.74) is 1.32. The fraction of sp³-hybridized carbons (Fsp3) is 0.200. The van der Waals surface area contributed by atoms with E-state index >= 15 is 0 Å². The maximum atomic E-state index is 13.6. The summed E-state index contributed by atoms with van der Waals surface area (Å²) < 4.78 is 19.1. The zero-order valence-electron chi connectivity index (χ0n) is 10.2. The summed E-state index contributed by atoms with van der Waals surface area (Å²) in [4.78, 5) is 0. The predicted molar refractivity (Wildman–Crippen MR) is 69.5 cm³/mol. The van der Waals surface area contributed by atoms with Crippen molar-refractivity contribution in [2.75, 3.05) is 6.61 Å². The minimum absolute atomic E-state index is 0.00618. The quantitative estimate of drug-likeness (QED) is 0.888. The topological polar surface area (TPSA) is 33.4 Å². The van der Waals surface area contributed by atoms with Gasteiger partial charge in [-0.2, -0.15) is 0 Å². The molecule has 0 unspecified atom stereocenters. The maximum Gasteiger partial charge on any atom is 0.137 e. The molecule has 2 nitrogen and oxygen atoms in total. The van der Waals surface area contributed by atoms with Crippen molar-refractivity contribution in [3.8, 4) is 11.3 Å². The molecule has 1 aromatic heterocycles. The molecular formula is C15H15FO2. The lowest BCUT2D eigenvalue weighted by Crippen LogP contribution is -1.86. The van der Waals surface area contributed by atoms with E-state index in [1.807, 2.05) is 6.92 Å². The molecular weight excluding hydrogens is 231 g/mol. The average Bonchev–Trinajstić information content (AvgIpc) is 2.85. The van der Waals surface area contributed by atoms with Gasteiger partial charge in [-0.05, 0) is 42.3 Å². The lowest BCUT2D eigenvalue weighted by Gasteiger charge is -1.99. The van der Waals surface area contributed by atoms with Crippen molar-refractivity contribution < 1.29 is 13.9 Å². The van der Waals surface area contributed by atoms with E-state index in [4.69, 9.17) is 9.52 Å². The van der Waals surface area contributed by atoms with Crippen molar-refractivity contribution in [1.82, 2.24) is 0 Å². The van der Waals surface area contributed by atoms with Gasteiger partial charge in [0.2, 0.25) is 0 Å². The van der Waals surface area contributed by atoms with E-state index < -0.39 is 0 Å². The molecule has 0 aliphatic heterocycles. The molecule has 94 valence electrons. The van der Waals surface area contributed by atoms with Gasteiger partial charge in [0.1, 0.15) is 17.3 Å². The lowest BCUT2D eigenvalue weighted by atomic mass is 10.1. The van der Waals surface area contributed by atoms with Crippen LogP contribution in [0.3, 0.4) is 0 Å². The number of benzene rings is 1. The highest BCUT2D eigenvalue weighted by Gasteiger charge is 2.08. The highest BCUT2D eigenvalue weighted by molar-refractivity contribution is 5.61. The third-order valence-corrected chi connectivity index (χ3v) is 2.77. The van der Waals surface area contributed by atoms with Crippen LogP contribution in [0.15, 0.2) is 46.4 Å². The van der Waals surface area contributed by atoms with Crippen LogP contribution in [0, 0.1) is 5.82 Å². The second kappa shape index (κ2) is 5.65. The van der Waals surface area contributed by atoms with Crippen LogP contribution in [0.5, 0.6) is 0 Å². The van der Waals surface area contributed by atoms with Crippen molar-refractivity contribution in [3.63, 3.8) is 0 Å². The summed E-state index contributed by atoms with van der Waals surface area (Å²) in [6.45, 7) is 1.97. The molecule has 0 atom stereocenters. The van der Waals surface area contributed by atoms with Crippen LogP contribution >= 0.6 is 0 Å². The van der Waals surface area contributed by atoms with Gasteiger partial charge >= 0.3 is 0 Å². The SMILES string of the molecule is CCC(=Cc1ccc(-c2ccccc2F)o1)CO. The van der Waals surface area contributed by atoms with E-state index in [1.165, 1.54) is 6.07 Å². The van der Waals surface area contributed by atoms with Gasteiger partial charge in [0.05, 0.1) is 12.2 Å². The molecule has 0 spiro atoms. The Hall–Kier alpha value is -1.87. The summed E-state index contributed by atoms with van der Waals surface area (Å²) in [6, 6.07) is 9.99. The number of aliphatic hydroxyl groups is 1. The van der Waals surface area contributed by atoms with Gasteiger partial charge in [0.25, 0.3) is 0 Å². The molecule has 1 heterocycles. The van der Waals surface area contributed by atoms with Crippen LogP contribution in [0.2, 0.25) is 0 Å². The first kappa shape index (κ1) is 12.6. The summed E-state index contributed by atoms with van der Waals surface area (Å²) in [6.07, 6.45) is 2.54. The first-order valence-electron chi connectivity index (χ1n) is 5.89. The van der Waals surface area contributed by atoms with Crippen molar-refractivity contribution in [3.05, 3.63) is 53.5 Å². The Bertz CT molecular complexity index is 549. The number of furan rings is 1. The predicted octanol–water partition coefficient (Wildman–Crippen LogP) is 3.87. The smallest absolute Gasteiger partial charge is 0.137 e. The van der Waals surface area contributed by atoms with Crippen LogP contribution in [0.4, 0.5) is 4.39 Å². The normalized spacial score (nSPS) is 11.8. The zero-order valence-corrected chi connectivity index (χ0v) is 10.2. The molecule has 18 heavy (non-hydrogen) atoms. The van der Waals surface area contributed by atoms with Crippen molar-refractivity contribution in [2.24, 2.45) is 0 Å². The Labute approximate surface area is 105 Å². The number of aliphatic hydroxyl groups excluding tert-OH is 1. The number of halogens is 1. The van der Waals surface area contributed by atoms with E-state index in [9.17, 15) is 4.39 Å². The Morgan fingerprint density at radius 1 is 1.28 bits per heavy atom. The molecule has 3 heteroatoms. The third-order valence-electron chi connectivity index (χ3n) is 2.77. The monoisotopic (exact) mass is 246 g/mol. The molecule has 1 N–H and O–H groups in total. The van der Waals surface area contributed by atoms with E-state index in [2.05, 4.69) is 0 Å². The average molecular weight is 246 g/mol. The standard InChI is InChI=1S/C15H15FO2/c1-2-11(10-17)9-12-7-8-15(18-12)13-5-3-4-6-14(13)16/h3-9,17H,2,10H2,1H3. The lowest BCUT2D eigenvalue weighted by molar-refractivity contribution is 0.328. The first-order chi connectivity index (χ1) is 8.74. The van der Waals surface area contributed by atoms with E-state index in [0.29, 0.717) is 17.1 Å². The molecule has 0 bridgehead atoms. The number of rotatable bonds is 4. The summed E-state index contributed by atoms with van der Waals surface area (Å²) in [7, 11) is 0. The molecule has 0 saturated heterocycles. The molecule has 0 aliphatic rings. The van der Waals surface area contributed by atoms with Gasteiger partial charge in [-0.1, -0.05) is 19.1 Å². The number of hydrogen-bond donors (Lipinski definition) is 1. The molecule has 2 aromatic rings. The Balaban J connectivity index is 2.32. The van der Waals surface area contributed by atoms with Crippen molar-refractivity contribution in [1.29, 1.82) is 0 Å². The minimum Gasteiger partial charge on any atom is -0.457 e. The van der Waals surface area contributed by atoms with Gasteiger partial charge in [-0.25, -0.2) is 4.39 Å². The Kier molecular flexibility index (Phi) is 3.95. The van der Waals surface area contributed by atoms with Crippen LogP contribution in [-0.2, 0) is 0 Å². The summed E-state index contributed by atoms with van der Waals surface area (Å²) in [5.74, 6) is 0.812. The van der Waals surface area contributed by atoms with Crippen molar-refractivity contribution >= 4 is 6.08 Å². The minimum atomic E-state index is -0.305. The van der Waals surface area contributed by atoms with Gasteiger partial charge in [-0.15, -0.1) is 0 Å². The molecule has 2 rings (SSSR count). The van der Waals surface area contributed by atoms with Crippen LogP contribution in [0.1, 0.15) is 19.1 Å². The Morgan fingerprint density at radius 3 is 2.72 bits per heavy atom. The largest absolute Gasteiger partial charge is 0.457 e. The summed E-state index contributed by atoms with van der Waals surface area (Å²) >= 11 is 0. The highest BCUT2D eigenvalue weighted by atomic mass is 19.1. The van der Waals surface area contributed by atoms with Crippen LogP contribution in [0.25, 0.3) is 17.4 Å². The van der Waals surface area contributed by atoms with E-state index in [-0.39, 0.29) is 12.4 Å². The number of hydrogen-bond acceptors (Lipinski definition) is 2. The molecule has 0 radical (unpaired) electrons. The second-order valence-corrected chi connectivity index (χ2v) is 4.00. The second-order valence-electron chi connectivity index (χ2n) is 4.00. The fourth-order valence-corrected chi connectivity index (χ4v) is 1.70. The van der Waals surface area contributed by atoms with Crippen LogP contribution < -0.4 is 0 Å². The van der Waals surface area contributed by atoms with E-state index in [0.717, 1.165) is 12.0 Å². The molecule has 0 amide bonds. The zero-order chi connectivity index (χ0) is 13.0. The Morgan fingerprint density at radius 2 is 2.06 bits per heavy atom. The highest BCUT2D eigenvalue weighted by Crippen LogP contribution is 2.25. The molecule has 0 fully saturated rings. The van der Waals surface area contributed by atoms with Gasteiger partial charge < -0.3 is 9.52 Å².